The van der Waals surface area contributed by atoms with Crippen molar-refractivity contribution in [2.45, 2.75) is 22.6 Å². The van der Waals surface area contributed by atoms with Gasteiger partial charge < -0.3 is 0 Å². The minimum Gasteiger partial charge on any atom is -0.280 e. The maximum Gasteiger partial charge on any atom is 0.261 e. The number of nitrogens with zero attached hydrogens (tertiary/aromatic N) is 1. The van der Waals surface area contributed by atoms with Crippen LogP contribution < -0.4 is 9.44 Å². The summed E-state index contributed by atoms with van der Waals surface area (Å²) in [5, 5.41) is 0. The highest BCUT2D eigenvalue weighted by Gasteiger charge is 2.25. The molecule has 1 aromatic heterocycles. The Balaban J connectivity index is 1.83. The third-order valence-electron chi connectivity index (χ3n) is 3.62. The van der Waals surface area contributed by atoms with Gasteiger partial charge in [-0.15, -0.1) is 0 Å². The summed E-state index contributed by atoms with van der Waals surface area (Å²) >= 11 is 0. The number of anilines is 1. The zero-order valence-electron chi connectivity index (χ0n) is 12.7. The van der Waals surface area contributed by atoms with Crippen molar-refractivity contribution in [3.05, 3.63) is 48.8 Å². The highest BCUT2D eigenvalue weighted by molar-refractivity contribution is 7.93. The van der Waals surface area contributed by atoms with E-state index in [2.05, 4.69) is 14.4 Å². The molecule has 0 saturated heterocycles. The summed E-state index contributed by atoms with van der Waals surface area (Å²) in [6.07, 6.45) is 4.96. The molecule has 0 unspecified atom stereocenters. The number of hydrogen-bond donors (Lipinski definition) is 2. The fourth-order valence-electron chi connectivity index (χ4n) is 2.08. The molecule has 0 aliphatic heterocycles. The van der Waals surface area contributed by atoms with E-state index in [1.54, 1.807) is 0 Å². The lowest BCUT2D eigenvalue weighted by Crippen LogP contribution is -2.26. The number of benzene rings is 1. The van der Waals surface area contributed by atoms with Crippen LogP contribution in [0.3, 0.4) is 0 Å². The minimum atomic E-state index is -3.89. The summed E-state index contributed by atoms with van der Waals surface area (Å²) in [7, 11) is -7.61. The van der Waals surface area contributed by atoms with Crippen LogP contribution in [-0.2, 0) is 20.0 Å². The lowest BCUT2D eigenvalue weighted by molar-refractivity contribution is 0.577. The van der Waals surface area contributed by atoms with Gasteiger partial charge in [-0.2, -0.15) is 0 Å². The lowest BCUT2D eigenvalue weighted by atomic mass is 10.4. The Hall–Kier alpha value is -1.97. The van der Waals surface area contributed by atoms with E-state index in [4.69, 9.17) is 0 Å². The van der Waals surface area contributed by atoms with Crippen LogP contribution in [0.5, 0.6) is 0 Å². The Morgan fingerprint density at radius 3 is 2.21 bits per heavy atom. The molecule has 0 bridgehead atoms. The average molecular weight is 367 g/mol. The predicted octanol–water partition coefficient (Wildman–Crippen LogP) is 1.57. The quantitative estimate of drug-likeness (QED) is 0.773. The third-order valence-corrected chi connectivity index (χ3v) is 6.42. The van der Waals surface area contributed by atoms with E-state index in [0.29, 0.717) is 18.2 Å². The summed E-state index contributed by atoms with van der Waals surface area (Å²) in [5.41, 5.74) is 0.352. The van der Waals surface area contributed by atoms with Crippen LogP contribution >= 0.6 is 0 Å². The highest BCUT2D eigenvalue weighted by Crippen LogP contribution is 2.28. The van der Waals surface area contributed by atoms with Gasteiger partial charge in [0.1, 0.15) is 0 Å². The topological polar surface area (TPSA) is 105 Å². The van der Waals surface area contributed by atoms with E-state index < -0.39 is 20.0 Å². The van der Waals surface area contributed by atoms with Gasteiger partial charge in [0, 0.05) is 18.9 Å². The SMILES string of the molecule is O=S(=O)(NCC1CC1)c1cccc(S(=O)(=O)Nc2ccncc2)c1. The summed E-state index contributed by atoms with van der Waals surface area (Å²) in [4.78, 5) is 3.63. The van der Waals surface area contributed by atoms with Gasteiger partial charge in [0.25, 0.3) is 10.0 Å². The van der Waals surface area contributed by atoms with Crippen LogP contribution in [-0.4, -0.2) is 28.4 Å². The summed E-state index contributed by atoms with van der Waals surface area (Å²) in [5.74, 6) is 0.389. The zero-order valence-corrected chi connectivity index (χ0v) is 14.3. The largest absolute Gasteiger partial charge is 0.280 e. The minimum absolute atomic E-state index is 0.0687. The second-order valence-corrected chi connectivity index (χ2v) is 9.06. The molecule has 1 aromatic carbocycles. The molecule has 0 spiro atoms. The molecule has 1 heterocycles. The maximum absolute atomic E-state index is 12.4. The summed E-state index contributed by atoms with van der Waals surface area (Å²) in [6.45, 7) is 0.384. The predicted molar refractivity (Wildman–Crippen MR) is 89.4 cm³/mol. The fraction of sp³-hybridized carbons (Fsp3) is 0.267. The molecule has 1 fully saturated rings. The van der Waals surface area contributed by atoms with Crippen molar-refractivity contribution in [1.29, 1.82) is 0 Å². The van der Waals surface area contributed by atoms with Crippen LogP contribution in [0, 0.1) is 5.92 Å². The Kier molecular flexibility index (Phi) is 4.57. The van der Waals surface area contributed by atoms with Crippen LogP contribution in [0.2, 0.25) is 0 Å². The molecule has 1 aliphatic rings. The zero-order chi connectivity index (χ0) is 17.2. The molecule has 2 aromatic rings. The van der Waals surface area contributed by atoms with Crippen molar-refractivity contribution < 1.29 is 16.8 Å². The van der Waals surface area contributed by atoms with E-state index in [1.165, 1.54) is 42.7 Å². The second-order valence-electron chi connectivity index (χ2n) is 5.61. The van der Waals surface area contributed by atoms with Crippen LogP contribution in [0.15, 0.2) is 58.6 Å². The summed E-state index contributed by atoms with van der Waals surface area (Å²) < 4.78 is 54.3. The number of pyridine rings is 1. The lowest BCUT2D eigenvalue weighted by Gasteiger charge is -2.10. The molecular weight excluding hydrogens is 350 g/mol. The van der Waals surface area contributed by atoms with Crippen molar-refractivity contribution in [1.82, 2.24) is 9.71 Å². The van der Waals surface area contributed by atoms with Gasteiger partial charge >= 0.3 is 0 Å². The van der Waals surface area contributed by atoms with E-state index in [0.717, 1.165) is 18.9 Å². The molecule has 128 valence electrons. The molecule has 9 heteroatoms. The molecule has 0 radical (unpaired) electrons. The molecule has 0 amide bonds. The molecule has 0 atom stereocenters. The first kappa shape index (κ1) is 16.9. The van der Waals surface area contributed by atoms with E-state index in [9.17, 15) is 16.8 Å². The first-order valence-electron chi connectivity index (χ1n) is 7.39. The Labute approximate surface area is 141 Å². The first-order chi connectivity index (χ1) is 11.4. The van der Waals surface area contributed by atoms with E-state index in [1.807, 2.05) is 0 Å². The molecule has 1 saturated carbocycles. The van der Waals surface area contributed by atoms with Crippen LogP contribution in [0.25, 0.3) is 0 Å². The van der Waals surface area contributed by atoms with Crippen molar-refractivity contribution in [2.24, 2.45) is 5.92 Å². The maximum atomic E-state index is 12.4. The third kappa shape index (κ3) is 4.11. The Morgan fingerprint density at radius 1 is 0.958 bits per heavy atom. The molecular formula is C15H17N3O4S2. The standard InChI is InChI=1S/C15H17N3O4S2/c19-23(20,17-11-12-4-5-12)14-2-1-3-15(10-14)24(21,22)18-13-6-8-16-9-7-13/h1-3,6-10,12,17H,4-5,11H2,(H,16,18). The molecule has 7 nitrogen and oxygen atoms in total. The average Bonchev–Trinajstić information content (AvgIpc) is 3.38. The van der Waals surface area contributed by atoms with E-state index in [-0.39, 0.29) is 9.79 Å². The molecule has 24 heavy (non-hydrogen) atoms. The summed E-state index contributed by atoms with van der Waals surface area (Å²) in [6, 6.07) is 8.31. The molecule has 1 aliphatic carbocycles. The number of aromatic nitrogens is 1. The van der Waals surface area contributed by atoms with Crippen molar-refractivity contribution in [2.75, 3.05) is 11.3 Å². The van der Waals surface area contributed by atoms with Crippen LogP contribution in [0.1, 0.15) is 12.8 Å². The van der Waals surface area contributed by atoms with Crippen LogP contribution in [0.4, 0.5) is 5.69 Å². The van der Waals surface area contributed by atoms with Gasteiger partial charge in [-0.05, 0) is 49.1 Å². The molecule has 3 rings (SSSR count). The second kappa shape index (κ2) is 6.50. The van der Waals surface area contributed by atoms with Gasteiger partial charge in [-0.3, -0.25) is 9.71 Å². The van der Waals surface area contributed by atoms with Gasteiger partial charge in [0.15, 0.2) is 0 Å². The van der Waals surface area contributed by atoms with Gasteiger partial charge in [-0.25, -0.2) is 21.6 Å². The first-order valence-corrected chi connectivity index (χ1v) is 10.4. The highest BCUT2D eigenvalue weighted by atomic mass is 32.2. The van der Waals surface area contributed by atoms with E-state index >= 15 is 0 Å². The van der Waals surface area contributed by atoms with Crippen molar-refractivity contribution in [3.8, 4) is 0 Å². The molecule has 2 N–H and O–H groups in total. The normalized spacial score (nSPS) is 15.2. The number of sulfonamides is 2. The number of rotatable bonds is 7. The van der Waals surface area contributed by atoms with Crippen molar-refractivity contribution in [3.63, 3.8) is 0 Å². The Bertz CT molecular complexity index is 924. The van der Waals surface area contributed by atoms with Gasteiger partial charge in [-0.1, -0.05) is 6.07 Å². The number of nitrogens with one attached hydrogen (secondary N) is 2. The smallest absolute Gasteiger partial charge is 0.261 e. The van der Waals surface area contributed by atoms with Gasteiger partial charge in [0.2, 0.25) is 10.0 Å². The monoisotopic (exact) mass is 367 g/mol. The van der Waals surface area contributed by atoms with Crippen molar-refractivity contribution >= 4 is 25.7 Å². The Morgan fingerprint density at radius 2 is 1.58 bits per heavy atom. The van der Waals surface area contributed by atoms with Gasteiger partial charge in [0.05, 0.1) is 15.5 Å². The fourth-order valence-corrected chi connectivity index (χ4v) is 4.42. The number of hydrogen-bond acceptors (Lipinski definition) is 5.